The average Bonchev–Trinajstić information content (AvgIpc) is 3.04. The second-order valence-corrected chi connectivity index (χ2v) is 6.10. The molecular weight excluding hydrogens is 270 g/mol. The van der Waals surface area contributed by atoms with Gasteiger partial charge in [-0.25, -0.2) is 9.78 Å². The van der Waals surface area contributed by atoms with Crippen LogP contribution < -0.4 is 0 Å². The maximum absolute atomic E-state index is 12.1. The summed E-state index contributed by atoms with van der Waals surface area (Å²) in [6.07, 6.45) is 3.13. The number of nitrogens with zero attached hydrogens (tertiary/aromatic N) is 3. The van der Waals surface area contributed by atoms with Crippen molar-refractivity contribution < 1.29 is 13.9 Å². The number of imidazole rings is 1. The number of carbonyl (C=O) groups is 1. The van der Waals surface area contributed by atoms with Gasteiger partial charge in [0.15, 0.2) is 11.6 Å². The molecule has 1 amide bonds. The Morgan fingerprint density at radius 3 is 2.86 bits per heavy atom. The smallest absolute Gasteiger partial charge is 0.410 e. The molecule has 0 saturated carbocycles. The van der Waals surface area contributed by atoms with Crippen LogP contribution in [-0.4, -0.2) is 32.7 Å². The van der Waals surface area contributed by atoms with E-state index in [2.05, 4.69) is 9.55 Å². The molecule has 6 heteroatoms. The van der Waals surface area contributed by atoms with Gasteiger partial charge >= 0.3 is 6.09 Å². The third-order valence-electron chi connectivity index (χ3n) is 3.28. The third kappa shape index (κ3) is 2.79. The first-order valence-corrected chi connectivity index (χ1v) is 7.00. The quantitative estimate of drug-likeness (QED) is 0.810. The maximum Gasteiger partial charge on any atom is 0.410 e. The third-order valence-corrected chi connectivity index (χ3v) is 3.28. The summed E-state index contributed by atoms with van der Waals surface area (Å²) >= 11 is 0. The summed E-state index contributed by atoms with van der Waals surface area (Å²) in [5.41, 5.74) is 0.507. The van der Waals surface area contributed by atoms with Gasteiger partial charge in [0.25, 0.3) is 0 Å². The number of hydrogen-bond acceptors (Lipinski definition) is 4. The van der Waals surface area contributed by atoms with Crippen molar-refractivity contribution in [2.45, 2.75) is 39.5 Å². The fraction of sp³-hybridized carbons (Fsp3) is 0.467. The van der Waals surface area contributed by atoms with Crippen molar-refractivity contribution in [3.05, 3.63) is 30.3 Å². The molecule has 0 N–H and O–H groups in total. The summed E-state index contributed by atoms with van der Waals surface area (Å²) in [6, 6.07) is 3.72. The molecule has 0 bridgehead atoms. The van der Waals surface area contributed by atoms with Crippen LogP contribution in [0.25, 0.3) is 11.6 Å². The largest absolute Gasteiger partial charge is 0.461 e. The van der Waals surface area contributed by atoms with Crippen LogP contribution in [0, 0.1) is 0 Å². The summed E-state index contributed by atoms with van der Waals surface area (Å²) in [5.74, 6) is 1.55. The predicted octanol–water partition coefficient (Wildman–Crippen LogP) is 2.89. The minimum Gasteiger partial charge on any atom is -0.461 e. The van der Waals surface area contributed by atoms with E-state index < -0.39 is 5.60 Å². The fourth-order valence-electron chi connectivity index (χ4n) is 2.37. The summed E-state index contributed by atoms with van der Waals surface area (Å²) < 4.78 is 12.9. The van der Waals surface area contributed by atoms with Crippen LogP contribution in [0.5, 0.6) is 0 Å². The highest BCUT2D eigenvalue weighted by Gasteiger charge is 2.27. The van der Waals surface area contributed by atoms with Gasteiger partial charge in [-0.3, -0.25) is 0 Å². The van der Waals surface area contributed by atoms with Gasteiger partial charge in [-0.05, 0) is 32.9 Å². The lowest BCUT2D eigenvalue weighted by Crippen LogP contribution is -2.41. The normalized spacial score (nSPS) is 14.9. The van der Waals surface area contributed by atoms with Crippen LogP contribution in [-0.2, 0) is 17.8 Å². The van der Waals surface area contributed by atoms with Crippen molar-refractivity contribution in [3.63, 3.8) is 0 Å². The average molecular weight is 289 g/mol. The number of amides is 1. The van der Waals surface area contributed by atoms with Crippen LogP contribution in [0.1, 0.15) is 26.5 Å². The first-order chi connectivity index (χ1) is 9.94. The van der Waals surface area contributed by atoms with Gasteiger partial charge in [0.1, 0.15) is 5.60 Å². The minimum atomic E-state index is -0.478. The molecule has 0 spiro atoms. The molecule has 3 heterocycles. The molecule has 6 nitrogen and oxygen atoms in total. The van der Waals surface area contributed by atoms with Crippen LogP contribution in [0.15, 0.2) is 29.0 Å². The van der Waals surface area contributed by atoms with E-state index in [1.165, 1.54) is 0 Å². The molecule has 0 radical (unpaired) electrons. The van der Waals surface area contributed by atoms with Crippen molar-refractivity contribution in [3.8, 4) is 11.6 Å². The molecule has 0 saturated heterocycles. The summed E-state index contributed by atoms with van der Waals surface area (Å²) in [6.45, 7) is 7.40. The van der Waals surface area contributed by atoms with Crippen molar-refractivity contribution in [1.82, 2.24) is 14.5 Å². The Bertz CT molecular complexity index is 638. The zero-order valence-electron chi connectivity index (χ0n) is 12.5. The molecule has 2 aromatic rings. The Hall–Kier alpha value is -2.24. The molecule has 2 aromatic heterocycles. The molecule has 1 aliphatic rings. The zero-order valence-corrected chi connectivity index (χ0v) is 12.5. The molecule has 3 rings (SSSR count). The number of rotatable bonds is 1. The second-order valence-electron chi connectivity index (χ2n) is 6.10. The van der Waals surface area contributed by atoms with Gasteiger partial charge in [-0.15, -0.1) is 0 Å². The van der Waals surface area contributed by atoms with Gasteiger partial charge in [-0.2, -0.15) is 0 Å². The fourth-order valence-corrected chi connectivity index (χ4v) is 2.37. The Kier molecular flexibility index (Phi) is 3.23. The van der Waals surface area contributed by atoms with Gasteiger partial charge < -0.3 is 18.6 Å². The second kappa shape index (κ2) is 4.95. The molecule has 0 fully saturated rings. The topological polar surface area (TPSA) is 60.5 Å². The first kappa shape index (κ1) is 13.7. The van der Waals surface area contributed by atoms with E-state index in [0.29, 0.717) is 19.6 Å². The Balaban J connectivity index is 1.77. The number of aromatic nitrogens is 2. The highest BCUT2D eigenvalue weighted by molar-refractivity contribution is 5.68. The summed E-state index contributed by atoms with van der Waals surface area (Å²) in [5, 5.41) is 0. The first-order valence-electron chi connectivity index (χ1n) is 7.00. The summed E-state index contributed by atoms with van der Waals surface area (Å²) in [7, 11) is 0. The van der Waals surface area contributed by atoms with E-state index in [4.69, 9.17) is 9.15 Å². The van der Waals surface area contributed by atoms with Crippen LogP contribution >= 0.6 is 0 Å². The van der Waals surface area contributed by atoms with E-state index in [9.17, 15) is 4.79 Å². The molecule has 0 atom stereocenters. The van der Waals surface area contributed by atoms with E-state index in [1.54, 1.807) is 17.4 Å². The molecule has 0 aliphatic carbocycles. The number of hydrogen-bond donors (Lipinski definition) is 0. The molecule has 112 valence electrons. The Morgan fingerprint density at radius 1 is 1.38 bits per heavy atom. The number of furan rings is 1. The van der Waals surface area contributed by atoms with E-state index >= 15 is 0 Å². The number of ether oxygens (including phenoxy) is 1. The monoisotopic (exact) mass is 289 g/mol. The Morgan fingerprint density at radius 2 is 2.19 bits per heavy atom. The van der Waals surface area contributed by atoms with E-state index in [1.807, 2.05) is 32.9 Å². The highest BCUT2D eigenvalue weighted by Crippen LogP contribution is 2.24. The van der Waals surface area contributed by atoms with Crippen molar-refractivity contribution in [2.24, 2.45) is 0 Å². The zero-order chi connectivity index (χ0) is 15.0. The number of carbonyl (C=O) groups excluding carboxylic acids is 1. The highest BCUT2D eigenvalue weighted by atomic mass is 16.6. The molecule has 1 aliphatic heterocycles. The van der Waals surface area contributed by atoms with Gasteiger partial charge in [-0.1, -0.05) is 0 Å². The van der Waals surface area contributed by atoms with Crippen molar-refractivity contribution in [2.75, 3.05) is 6.54 Å². The molecule has 21 heavy (non-hydrogen) atoms. The van der Waals surface area contributed by atoms with Crippen molar-refractivity contribution in [1.29, 1.82) is 0 Å². The van der Waals surface area contributed by atoms with Crippen LogP contribution in [0.4, 0.5) is 4.79 Å². The summed E-state index contributed by atoms with van der Waals surface area (Å²) in [4.78, 5) is 18.2. The molecule has 0 unspecified atom stereocenters. The predicted molar refractivity (Wildman–Crippen MR) is 76.6 cm³/mol. The lowest BCUT2D eigenvalue weighted by Gasteiger charge is -2.31. The van der Waals surface area contributed by atoms with E-state index in [-0.39, 0.29) is 6.09 Å². The van der Waals surface area contributed by atoms with Gasteiger partial charge in [0, 0.05) is 13.1 Å². The Labute approximate surface area is 123 Å². The maximum atomic E-state index is 12.1. The van der Waals surface area contributed by atoms with Gasteiger partial charge in [0.05, 0.1) is 24.7 Å². The SMILES string of the molecule is CC(C)(C)OC(=O)N1CCn2c(cnc2-c2ccco2)C1. The molecular formula is C15H19N3O3. The molecule has 0 aromatic carbocycles. The lowest BCUT2D eigenvalue weighted by molar-refractivity contribution is 0.0199. The van der Waals surface area contributed by atoms with Crippen LogP contribution in [0.2, 0.25) is 0 Å². The minimum absolute atomic E-state index is 0.283. The standard InChI is InChI=1S/C15H19N3O3/c1-15(2,3)21-14(19)17-6-7-18-11(10-17)9-16-13(18)12-5-4-8-20-12/h4-5,8-9H,6-7,10H2,1-3H3. The van der Waals surface area contributed by atoms with Crippen LogP contribution in [0.3, 0.4) is 0 Å². The number of fused-ring (bicyclic) bond motifs is 1. The van der Waals surface area contributed by atoms with Gasteiger partial charge in [0.2, 0.25) is 0 Å². The van der Waals surface area contributed by atoms with E-state index in [0.717, 1.165) is 17.3 Å². The van der Waals surface area contributed by atoms with Crippen molar-refractivity contribution >= 4 is 6.09 Å². The lowest BCUT2D eigenvalue weighted by atomic mass is 10.2.